The molecule has 2 aromatic rings. The number of thiocarbonyl (C=S) groups is 1. The molecule has 0 spiro atoms. The van der Waals surface area contributed by atoms with Crippen molar-refractivity contribution < 1.29 is 4.39 Å². The van der Waals surface area contributed by atoms with E-state index in [0.717, 1.165) is 19.4 Å². The zero-order chi connectivity index (χ0) is 15.8. The highest BCUT2D eigenvalue weighted by Crippen LogP contribution is 2.12. The van der Waals surface area contributed by atoms with E-state index in [4.69, 9.17) is 12.2 Å². The van der Waals surface area contributed by atoms with Crippen LogP contribution in [0.15, 0.2) is 54.6 Å². The second-order valence-corrected chi connectivity index (χ2v) is 5.72. The van der Waals surface area contributed by atoms with E-state index in [9.17, 15) is 4.39 Å². The summed E-state index contributed by atoms with van der Waals surface area (Å²) in [6.45, 7) is 2.98. The van der Waals surface area contributed by atoms with Crippen molar-refractivity contribution in [3.05, 3.63) is 66.0 Å². The maximum absolute atomic E-state index is 13.1. The molecule has 0 bridgehead atoms. The molecular formula is C18H21FN2S. The zero-order valence-electron chi connectivity index (χ0n) is 12.7. The average Bonchev–Trinajstić information content (AvgIpc) is 2.52. The van der Waals surface area contributed by atoms with Crippen LogP contribution in [0.4, 0.5) is 10.1 Å². The van der Waals surface area contributed by atoms with E-state index in [2.05, 4.69) is 41.8 Å². The van der Waals surface area contributed by atoms with Crippen molar-refractivity contribution in [1.82, 2.24) is 5.32 Å². The Morgan fingerprint density at radius 1 is 1.14 bits per heavy atom. The summed E-state index contributed by atoms with van der Waals surface area (Å²) in [5, 5.41) is 6.75. The second kappa shape index (κ2) is 8.49. The van der Waals surface area contributed by atoms with Gasteiger partial charge in [0.15, 0.2) is 5.11 Å². The van der Waals surface area contributed by atoms with Crippen LogP contribution in [0.1, 0.15) is 18.9 Å². The Labute approximate surface area is 136 Å². The van der Waals surface area contributed by atoms with E-state index < -0.39 is 0 Å². The molecule has 0 radical (unpaired) electrons. The largest absolute Gasteiger partial charge is 0.362 e. The van der Waals surface area contributed by atoms with Crippen molar-refractivity contribution in [3.8, 4) is 0 Å². The minimum Gasteiger partial charge on any atom is -0.362 e. The number of hydrogen-bond donors (Lipinski definition) is 2. The summed E-state index contributed by atoms with van der Waals surface area (Å²) in [4.78, 5) is 0. The van der Waals surface area contributed by atoms with Crippen LogP contribution >= 0.6 is 12.2 Å². The summed E-state index contributed by atoms with van der Waals surface area (Å²) >= 11 is 5.27. The molecule has 2 rings (SSSR count). The highest BCUT2D eigenvalue weighted by Gasteiger charge is 2.08. The molecule has 0 aliphatic rings. The van der Waals surface area contributed by atoms with E-state index in [1.54, 1.807) is 12.1 Å². The van der Waals surface area contributed by atoms with Gasteiger partial charge in [0.1, 0.15) is 5.82 Å². The first-order valence-electron chi connectivity index (χ1n) is 7.51. The van der Waals surface area contributed by atoms with Crippen molar-refractivity contribution in [2.24, 2.45) is 5.92 Å². The third kappa shape index (κ3) is 5.45. The molecule has 0 saturated carbocycles. The molecular weight excluding hydrogens is 295 g/mol. The quantitative estimate of drug-likeness (QED) is 0.773. The maximum atomic E-state index is 13.1. The highest BCUT2D eigenvalue weighted by molar-refractivity contribution is 7.80. The van der Waals surface area contributed by atoms with Gasteiger partial charge in [0.2, 0.25) is 0 Å². The first kappa shape index (κ1) is 16.4. The fourth-order valence-electron chi connectivity index (χ4n) is 2.29. The van der Waals surface area contributed by atoms with Gasteiger partial charge in [-0.3, -0.25) is 0 Å². The van der Waals surface area contributed by atoms with Crippen LogP contribution in [0.25, 0.3) is 0 Å². The molecule has 0 heterocycles. The lowest BCUT2D eigenvalue weighted by molar-refractivity contribution is 0.498. The van der Waals surface area contributed by atoms with Gasteiger partial charge in [-0.15, -0.1) is 0 Å². The van der Waals surface area contributed by atoms with Crippen LogP contribution in [0.2, 0.25) is 0 Å². The third-order valence-electron chi connectivity index (χ3n) is 3.58. The molecule has 2 nitrogen and oxygen atoms in total. The number of halogens is 1. The van der Waals surface area contributed by atoms with Crippen LogP contribution in [-0.4, -0.2) is 11.7 Å². The SMILES string of the molecule is CC[C@H](CNC(=S)Nc1cccc(F)c1)Cc1ccccc1. The van der Waals surface area contributed by atoms with Crippen LogP contribution in [0.3, 0.4) is 0 Å². The summed E-state index contributed by atoms with van der Waals surface area (Å²) < 4.78 is 13.1. The van der Waals surface area contributed by atoms with Crippen LogP contribution in [0, 0.1) is 11.7 Å². The average molecular weight is 316 g/mol. The van der Waals surface area contributed by atoms with E-state index in [0.29, 0.717) is 16.7 Å². The number of hydrogen-bond acceptors (Lipinski definition) is 1. The molecule has 22 heavy (non-hydrogen) atoms. The summed E-state index contributed by atoms with van der Waals surface area (Å²) in [5.74, 6) is 0.234. The fourth-order valence-corrected chi connectivity index (χ4v) is 2.49. The van der Waals surface area contributed by atoms with Gasteiger partial charge in [0.05, 0.1) is 0 Å². The summed E-state index contributed by atoms with van der Waals surface area (Å²) in [5.41, 5.74) is 1.99. The van der Waals surface area contributed by atoms with Gasteiger partial charge < -0.3 is 10.6 Å². The molecule has 0 unspecified atom stereocenters. The Morgan fingerprint density at radius 2 is 1.91 bits per heavy atom. The van der Waals surface area contributed by atoms with Gasteiger partial charge in [0, 0.05) is 12.2 Å². The van der Waals surface area contributed by atoms with E-state index in [1.165, 1.54) is 17.7 Å². The number of benzene rings is 2. The number of nitrogens with one attached hydrogen (secondary N) is 2. The summed E-state index contributed by atoms with van der Waals surface area (Å²) in [6.07, 6.45) is 2.09. The lowest BCUT2D eigenvalue weighted by Crippen LogP contribution is -2.33. The molecule has 0 aliphatic heterocycles. The van der Waals surface area contributed by atoms with Crippen molar-refractivity contribution in [1.29, 1.82) is 0 Å². The van der Waals surface area contributed by atoms with Gasteiger partial charge >= 0.3 is 0 Å². The van der Waals surface area contributed by atoms with Gasteiger partial charge in [-0.2, -0.15) is 0 Å². The Hall–Kier alpha value is -1.94. The Morgan fingerprint density at radius 3 is 2.59 bits per heavy atom. The first-order valence-corrected chi connectivity index (χ1v) is 7.92. The molecule has 0 aromatic heterocycles. The molecule has 2 N–H and O–H groups in total. The van der Waals surface area contributed by atoms with Crippen LogP contribution < -0.4 is 10.6 Å². The lowest BCUT2D eigenvalue weighted by Gasteiger charge is -2.17. The standard InChI is InChI=1S/C18H21FN2S/c1-2-14(11-15-7-4-3-5-8-15)13-20-18(22)21-17-10-6-9-16(19)12-17/h3-10,12,14H,2,11,13H2,1H3,(H2,20,21,22)/t14-/m0/s1. The monoisotopic (exact) mass is 316 g/mol. The Balaban J connectivity index is 1.81. The van der Waals surface area contributed by atoms with Gasteiger partial charge in [-0.05, 0) is 48.3 Å². The van der Waals surface area contributed by atoms with Gasteiger partial charge in [-0.1, -0.05) is 49.7 Å². The molecule has 1 atom stereocenters. The maximum Gasteiger partial charge on any atom is 0.170 e. The lowest BCUT2D eigenvalue weighted by atomic mass is 9.97. The fraction of sp³-hybridized carbons (Fsp3) is 0.278. The number of anilines is 1. The number of rotatable bonds is 6. The second-order valence-electron chi connectivity index (χ2n) is 5.31. The molecule has 0 fully saturated rings. The minimum absolute atomic E-state index is 0.275. The minimum atomic E-state index is -0.275. The van der Waals surface area contributed by atoms with Crippen LogP contribution in [-0.2, 0) is 6.42 Å². The predicted molar refractivity (Wildman–Crippen MR) is 94.6 cm³/mol. The van der Waals surface area contributed by atoms with E-state index in [-0.39, 0.29) is 5.82 Å². The molecule has 0 saturated heterocycles. The van der Waals surface area contributed by atoms with Gasteiger partial charge in [0.25, 0.3) is 0 Å². The topological polar surface area (TPSA) is 24.1 Å². The Kier molecular flexibility index (Phi) is 6.34. The smallest absolute Gasteiger partial charge is 0.170 e. The Bertz CT molecular complexity index is 601. The molecule has 0 aliphatic carbocycles. The van der Waals surface area contributed by atoms with Crippen LogP contribution in [0.5, 0.6) is 0 Å². The molecule has 0 amide bonds. The predicted octanol–water partition coefficient (Wildman–Crippen LogP) is 4.38. The summed E-state index contributed by atoms with van der Waals surface area (Å²) in [7, 11) is 0. The molecule has 116 valence electrons. The first-order chi connectivity index (χ1) is 10.7. The highest BCUT2D eigenvalue weighted by atomic mass is 32.1. The molecule has 4 heteroatoms. The van der Waals surface area contributed by atoms with E-state index >= 15 is 0 Å². The summed E-state index contributed by atoms with van der Waals surface area (Å²) in [6, 6.07) is 16.7. The molecule has 2 aromatic carbocycles. The van der Waals surface area contributed by atoms with Crippen molar-refractivity contribution in [2.45, 2.75) is 19.8 Å². The van der Waals surface area contributed by atoms with Crippen molar-refractivity contribution >= 4 is 23.0 Å². The van der Waals surface area contributed by atoms with Crippen molar-refractivity contribution in [2.75, 3.05) is 11.9 Å². The normalized spacial score (nSPS) is 11.7. The van der Waals surface area contributed by atoms with E-state index in [1.807, 2.05) is 6.07 Å². The third-order valence-corrected chi connectivity index (χ3v) is 3.82. The zero-order valence-corrected chi connectivity index (χ0v) is 13.5. The van der Waals surface area contributed by atoms with Crippen molar-refractivity contribution in [3.63, 3.8) is 0 Å². The van der Waals surface area contributed by atoms with Gasteiger partial charge in [-0.25, -0.2) is 4.39 Å².